The van der Waals surface area contributed by atoms with Crippen molar-refractivity contribution in [2.24, 2.45) is 0 Å². The second-order valence-electron chi connectivity index (χ2n) is 8.19. The van der Waals surface area contributed by atoms with Gasteiger partial charge in [0.2, 0.25) is 5.91 Å². The zero-order valence-corrected chi connectivity index (χ0v) is 17.4. The monoisotopic (exact) mass is 392 g/mol. The lowest BCUT2D eigenvalue weighted by molar-refractivity contribution is -0.133. The first-order valence-electron chi connectivity index (χ1n) is 10.9. The van der Waals surface area contributed by atoms with Crippen LogP contribution in [-0.4, -0.2) is 61.0 Å². The number of piperazine rings is 1. The van der Waals surface area contributed by atoms with E-state index >= 15 is 0 Å². The van der Waals surface area contributed by atoms with Gasteiger partial charge in [-0.2, -0.15) is 0 Å². The molecular formula is C24H32N4O. The molecule has 5 heteroatoms. The Kier molecular flexibility index (Phi) is 6.35. The molecule has 4 rings (SSSR count). The number of hydrogen-bond acceptors (Lipinski definition) is 4. The number of nitrogens with one attached hydrogen (secondary N) is 1. The van der Waals surface area contributed by atoms with Crippen LogP contribution in [0.4, 0.5) is 11.4 Å². The Labute approximate surface area is 174 Å². The molecule has 0 saturated carbocycles. The van der Waals surface area contributed by atoms with E-state index in [9.17, 15) is 4.79 Å². The molecule has 0 bridgehead atoms. The summed E-state index contributed by atoms with van der Waals surface area (Å²) in [4.78, 5) is 19.7. The first-order chi connectivity index (χ1) is 14.2. The maximum absolute atomic E-state index is 12.9. The van der Waals surface area contributed by atoms with Crippen LogP contribution in [0.2, 0.25) is 0 Å². The quantitative estimate of drug-likeness (QED) is 0.818. The summed E-state index contributed by atoms with van der Waals surface area (Å²) in [5, 5.41) is 3.38. The summed E-state index contributed by atoms with van der Waals surface area (Å²) in [5.41, 5.74) is 3.62. The average Bonchev–Trinajstić information content (AvgIpc) is 3.30. The van der Waals surface area contributed by atoms with Gasteiger partial charge in [0, 0.05) is 57.2 Å². The first-order valence-corrected chi connectivity index (χ1v) is 10.9. The highest BCUT2D eigenvalue weighted by Gasteiger charge is 2.25. The number of amides is 1. The molecular weight excluding hydrogens is 360 g/mol. The summed E-state index contributed by atoms with van der Waals surface area (Å²) in [6, 6.07) is 18.8. The molecule has 1 atom stereocenters. The number of anilines is 2. The maximum Gasteiger partial charge on any atom is 0.244 e. The standard InChI is InChI=1S/C24H32N4O/c1-20(25-22-9-11-23(12-10-22)27-13-5-6-14-27)24(29)28-17-15-26(16-18-28)19-21-7-3-2-4-8-21/h2-4,7-12,20,25H,5-6,13-19H2,1H3/t20-/m0/s1. The normalized spacial score (nSPS) is 18.7. The van der Waals surface area contributed by atoms with Gasteiger partial charge in [0.15, 0.2) is 0 Å². The summed E-state index contributed by atoms with van der Waals surface area (Å²) in [6.45, 7) is 8.68. The van der Waals surface area contributed by atoms with E-state index in [0.29, 0.717) is 0 Å². The fourth-order valence-electron chi connectivity index (χ4n) is 4.30. The lowest BCUT2D eigenvalue weighted by Crippen LogP contribution is -2.51. The smallest absolute Gasteiger partial charge is 0.244 e. The van der Waals surface area contributed by atoms with Gasteiger partial charge in [0.05, 0.1) is 0 Å². The highest BCUT2D eigenvalue weighted by molar-refractivity contribution is 5.84. The van der Waals surface area contributed by atoms with Crippen molar-refractivity contribution in [2.75, 3.05) is 49.5 Å². The van der Waals surface area contributed by atoms with Gasteiger partial charge >= 0.3 is 0 Å². The third-order valence-corrected chi connectivity index (χ3v) is 6.03. The molecule has 0 unspecified atom stereocenters. The number of rotatable bonds is 6. The van der Waals surface area contributed by atoms with Gasteiger partial charge in [0.25, 0.3) is 0 Å². The topological polar surface area (TPSA) is 38.8 Å². The molecule has 0 aliphatic carbocycles. The molecule has 2 aliphatic heterocycles. The first kappa shape index (κ1) is 19.8. The molecule has 2 aromatic carbocycles. The maximum atomic E-state index is 12.9. The fraction of sp³-hybridized carbons (Fsp3) is 0.458. The molecule has 0 aromatic heterocycles. The molecule has 0 radical (unpaired) electrons. The zero-order chi connectivity index (χ0) is 20.1. The summed E-state index contributed by atoms with van der Waals surface area (Å²) < 4.78 is 0. The summed E-state index contributed by atoms with van der Waals surface area (Å²) in [5.74, 6) is 0.188. The van der Waals surface area contributed by atoms with Crippen LogP contribution < -0.4 is 10.2 Å². The van der Waals surface area contributed by atoms with Crippen molar-refractivity contribution >= 4 is 17.3 Å². The minimum atomic E-state index is -0.215. The number of benzene rings is 2. The lowest BCUT2D eigenvalue weighted by Gasteiger charge is -2.36. The molecule has 2 heterocycles. The van der Waals surface area contributed by atoms with Gasteiger partial charge in [0.1, 0.15) is 6.04 Å². The molecule has 154 valence electrons. The van der Waals surface area contributed by atoms with Crippen LogP contribution in [-0.2, 0) is 11.3 Å². The summed E-state index contributed by atoms with van der Waals surface area (Å²) in [6.07, 6.45) is 2.56. The SMILES string of the molecule is C[C@H](Nc1ccc(N2CCCC2)cc1)C(=O)N1CCN(Cc2ccccc2)CC1. The predicted molar refractivity (Wildman–Crippen MR) is 119 cm³/mol. The van der Waals surface area contributed by atoms with Crippen LogP contribution in [0.5, 0.6) is 0 Å². The Morgan fingerprint density at radius 2 is 1.55 bits per heavy atom. The molecule has 2 aliphatic rings. The molecule has 29 heavy (non-hydrogen) atoms. The van der Waals surface area contributed by atoms with Gasteiger partial charge in [-0.15, -0.1) is 0 Å². The van der Waals surface area contributed by atoms with Crippen LogP contribution in [0.25, 0.3) is 0 Å². The van der Waals surface area contributed by atoms with Crippen LogP contribution in [0.15, 0.2) is 54.6 Å². The van der Waals surface area contributed by atoms with Crippen molar-refractivity contribution < 1.29 is 4.79 Å². The molecule has 5 nitrogen and oxygen atoms in total. The van der Waals surface area contributed by atoms with Crippen LogP contribution >= 0.6 is 0 Å². The van der Waals surface area contributed by atoms with E-state index in [-0.39, 0.29) is 11.9 Å². The Bertz CT molecular complexity index is 778. The van der Waals surface area contributed by atoms with Crippen molar-refractivity contribution in [1.29, 1.82) is 0 Å². The summed E-state index contributed by atoms with van der Waals surface area (Å²) >= 11 is 0. The third-order valence-electron chi connectivity index (χ3n) is 6.03. The Balaban J connectivity index is 1.25. The second kappa shape index (κ2) is 9.31. The largest absolute Gasteiger partial charge is 0.374 e. The average molecular weight is 393 g/mol. The second-order valence-corrected chi connectivity index (χ2v) is 8.19. The van der Waals surface area contributed by atoms with Crippen molar-refractivity contribution in [3.05, 3.63) is 60.2 Å². The van der Waals surface area contributed by atoms with Crippen LogP contribution in [0, 0.1) is 0 Å². The molecule has 2 fully saturated rings. The fourth-order valence-corrected chi connectivity index (χ4v) is 4.30. The van der Waals surface area contributed by atoms with E-state index in [0.717, 1.165) is 51.5 Å². The molecule has 0 spiro atoms. The van der Waals surface area contributed by atoms with Gasteiger partial charge in [-0.1, -0.05) is 30.3 Å². The van der Waals surface area contributed by atoms with Crippen molar-refractivity contribution in [2.45, 2.75) is 32.4 Å². The van der Waals surface area contributed by atoms with E-state index in [4.69, 9.17) is 0 Å². The van der Waals surface area contributed by atoms with E-state index in [1.165, 1.54) is 24.1 Å². The third kappa shape index (κ3) is 5.10. The van der Waals surface area contributed by atoms with Crippen molar-refractivity contribution in [3.8, 4) is 0 Å². The van der Waals surface area contributed by atoms with Gasteiger partial charge in [-0.25, -0.2) is 0 Å². The molecule has 1 N–H and O–H groups in total. The van der Waals surface area contributed by atoms with Crippen LogP contribution in [0.1, 0.15) is 25.3 Å². The zero-order valence-electron chi connectivity index (χ0n) is 17.4. The van der Waals surface area contributed by atoms with Gasteiger partial charge in [-0.3, -0.25) is 9.69 Å². The number of carbonyl (C=O) groups is 1. The van der Waals surface area contributed by atoms with Crippen molar-refractivity contribution in [1.82, 2.24) is 9.80 Å². The van der Waals surface area contributed by atoms with Gasteiger partial charge in [-0.05, 0) is 49.6 Å². The van der Waals surface area contributed by atoms with E-state index < -0.39 is 0 Å². The van der Waals surface area contributed by atoms with E-state index in [1.807, 2.05) is 11.8 Å². The van der Waals surface area contributed by atoms with Crippen molar-refractivity contribution in [3.63, 3.8) is 0 Å². The highest BCUT2D eigenvalue weighted by Crippen LogP contribution is 2.22. The Morgan fingerprint density at radius 1 is 0.897 bits per heavy atom. The summed E-state index contributed by atoms with van der Waals surface area (Å²) in [7, 11) is 0. The molecule has 1 amide bonds. The molecule has 2 aromatic rings. The van der Waals surface area contributed by atoms with E-state index in [1.54, 1.807) is 0 Å². The lowest BCUT2D eigenvalue weighted by atomic mass is 10.2. The number of carbonyl (C=O) groups excluding carboxylic acids is 1. The predicted octanol–water partition coefficient (Wildman–Crippen LogP) is 3.43. The van der Waals surface area contributed by atoms with Crippen LogP contribution in [0.3, 0.4) is 0 Å². The number of hydrogen-bond donors (Lipinski definition) is 1. The Hall–Kier alpha value is -2.53. The minimum absolute atomic E-state index is 0.188. The van der Waals surface area contributed by atoms with E-state index in [2.05, 4.69) is 69.7 Å². The van der Waals surface area contributed by atoms with Gasteiger partial charge < -0.3 is 15.1 Å². The number of nitrogens with zero attached hydrogens (tertiary/aromatic N) is 3. The Morgan fingerprint density at radius 3 is 2.21 bits per heavy atom. The molecule has 2 saturated heterocycles. The highest BCUT2D eigenvalue weighted by atomic mass is 16.2. The minimum Gasteiger partial charge on any atom is -0.374 e.